The summed E-state index contributed by atoms with van der Waals surface area (Å²) in [5.41, 5.74) is 1.19. The van der Waals surface area contributed by atoms with E-state index in [1.807, 2.05) is 6.92 Å². The van der Waals surface area contributed by atoms with Crippen LogP contribution in [-0.2, 0) is 4.79 Å². The summed E-state index contributed by atoms with van der Waals surface area (Å²) in [6, 6.07) is 0. The molecule has 52 valence electrons. The maximum atomic E-state index is 9.90. The van der Waals surface area contributed by atoms with Crippen LogP contribution in [-0.4, -0.2) is 6.29 Å². The minimum Gasteiger partial charge on any atom is -0.299 e. The Morgan fingerprint density at radius 2 is 2.22 bits per heavy atom. The Hall–Kier alpha value is -0.590. The largest absolute Gasteiger partial charge is 0.299 e. The fourth-order valence-corrected chi connectivity index (χ4v) is 0.655. The fourth-order valence-electron chi connectivity index (χ4n) is 0.655. The zero-order valence-corrected chi connectivity index (χ0v) is 6.18. The van der Waals surface area contributed by atoms with Gasteiger partial charge >= 0.3 is 0 Å². The van der Waals surface area contributed by atoms with E-state index in [1.54, 1.807) is 6.08 Å². The van der Waals surface area contributed by atoms with Crippen molar-refractivity contribution in [1.82, 2.24) is 0 Å². The van der Waals surface area contributed by atoms with E-state index in [1.165, 1.54) is 18.4 Å². The number of unbranched alkanes of at least 4 members (excludes halogenated alkanes) is 1. The van der Waals surface area contributed by atoms with Crippen molar-refractivity contribution in [3.63, 3.8) is 0 Å². The highest BCUT2D eigenvalue weighted by atomic mass is 16.1. The maximum Gasteiger partial charge on any atom is 0.142 e. The Morgan fingerprint density at radius 1 is 1.56 bits per heavy atom. The number of hydrogen-bond acceptors (Lipinski definition) is 1. The average Bonchev–Trinajstić information content (AvgIpc) is 1.85. The maximum absolute atomic E-state index is 9.90. The fraction of sp³-hybridized carbons (Fsp3) is 0.625. The monoisotopic (exact) mass is 126 g/mol. The van der Waals surface area contributed by atoms with Gasteiger partial charge < -0.3 is 0 Å². The lowest BCUT2D eigenvalue weighted by Crippen LogP contribution is -1.77. The van der Waals surface area contributed by atoms with Crippen LogP contribution in [0.1, 0.15) is 33.1 Å². The summed E-state index contributed by atoms with van der Waals surface area (Å²) in [7, 11) is 0. The zero-order chi connectivity index (χ0) is 7.11. The molecule has 0 fully saturated rings. The zero-order valence-electron chi connectivity index (χ0n) is 6.18. The van der Waals surface area contributed by atoms with E-state index in [4.69, 9.17) is 0 Å². The Kier molecular flexibility index (Phi) is 5.18. The van der Waals surface area contributed by atoms with Crippen LogP contribution >= 0.6 is 0 Å². The van der Waals surface area contributed by atoms with Gasteiger partial charge in [-0.1, -0.05) is 18.9 Å². The first kappa shape index (κ1) is 8.41. The predicted molar refractivity (Wildman–Crippen MR) is 39.3 cm³/mol. The first-order valence-electron chi connectivity index (χ1n) is 3.42. The van der Waals surface area contributed by atoms with Crippen molar-refractivity contribution >= 4 is 6.29 Å². The third-order valence-corrected chi connectivity index (χ3v) is 1.28. The van der Waals surface area contributed by atoms with Gasteiger partial charge in [0.05, 0.1) is 0 Å². The molecule has 0 atom stereocenters. The lowest BCUT2D eigenvalue weighted by Gasteiger charge is -1.94. The molecule has 0 saturated heterocycles. The normalized spacial score (nSPS) is 11.6. The molecule has 0 radical (unpaired) electrons. The molecule has 0 spiro atoms. The van der Waals surface area contributed by atoms with Crippen LogP contribution in [0.15, 0.2) is 11.6 Å². The molecular weight excluding hydrogens is 112 g/mol. The Balaban J connectivity index is 3.36. The minimum absolute atomic E-state index is 0.852. The van der Waals surface area contributed by atoms with Crippen molar-refractivity contribution in [2.45, 2.75) is 33.1 Å². The second kappa shape index (κ2) is 5.54. The summed E-state index contributed by atoms with van der Waals surface area (Å²) in [4.78, 5) is 9.90. The standard InChI is InChI=1S/C8H14O/c1-3-4-5-8(2)6-7-9/h6-7H,3-5H2,1-2H3/b8-6-. The molecule has 0 aromatic carbocycles. The van der Waals surface area contributed by atoms with Crippen LogP contribution in [0.5, 0.6) is 0 Å². The van der Waals surface area contributed by atoms with E-state index in [2.05, 4.69) is 6.92 Å². The van der Waals surface area contributed by atoms with Crippen LogP contribution in [0.2, 0.25) is 0 Å². The summed E-state index contributed by atoms with van der Waals surface area (Å²) in [5.74, 6) is 0. The molecule has 1 nitrogen and oxygen atoms in total. The molecule has 0 aliphatic heterocycles. The van der Waals surface area contributed by atoms with Crippen LogP contribution in [0.4, 0.5) is 0 Å². The molecule has 0 saturated carbocycles. The van der Waals surface area contributed by atoms with Gasteiger partial charge in [-0.15, -0.1) is 0 Å². The van der Waals surface area contributed by atoms with Gasteiger partial charge in [0.1, 0.15) is 6.29 Å². The molecule has 0 amide bonds. The molecule has 0 rings (SSSR count). The Morgan fingerprint density at radius 3 is 2.67 bits per heavy atom. The Labute approximate surface area is 56.8 Å². The van der Waals surface area contributed by atoms with E-state index >= 15 is 0 Å². The summed E-state index contributed by atoms with van der Waals surface area (Å²) >= 11 is 0. The van der Waals surface area contributed by atoms with Crippen LogP contribution in [0.25, 0.3) is 0 Å². The summed E-state index contributed by atoms with van der Waals surface area (Å²) < 4.78 is 0. The molecule has 0 aliphatic rings. The van der Waals surface area contributed by atoms with Crippen molar-refractivity contribution in [2.75, 3.05) is 0 Å². The van der Waals surface area contributed by atoms with E-state index in [9.17, 15) is 4.79 Å². The highest BCUT2D eigenvalue weighted by Crippen LogP contribution is 2.03. The molecule has 1 heteroatoms. The lowest BCUT2D eigenvalue weighted by molar-refractivity contribution is -0.104. The van der Waals surface area contributed by atoms with Gasteiger partial charge in [0.15, 0.2) is 0 Å². The molecule has 0 N–H and O–H groups in total. The molecule has 0 aromatic heterocycles. The molecule has 0 unspecified atom stereocenters. The van der Waals surface area contributed by atoms with Crippen molar-refractivity contribution in [1.29, 1.82) is 0 Å². The minimum atomic E-state index is 0.852. The number of hydrogen-bond donors (Lipinski definition) is 0. The molecule has 0 heterocycles. The van der Waals surface area contributed by atoms with Gasteiger partial charge in [-0.3, -0.25) is 4.79 Å². The molecule has 0 aromatic rings. The number of aldehydes is 1. The second-order valence-electron chi connectivity index (χ2n) is 2.25. The first-order valence-corrected chi connectivity index (χ1v) is 3.42. The van der Waals surface area contributed by atoms with Crippen molar-refractivity contribution in [2.24, 2.45) is 0 Å². The smallest absolute Gasteiger partial charge is 0.142 e. The van der Waals surface area contributed by atoms with E-state index < -0.39 is 0 Å². The SMILES string of the molecule is CCCC/C(C)=C\C=O. The van der Waals surface area contributed by atoms with Gasteiger partial charge in [-0.25, -0.2) is 0 Å². The van der Waals surface area contributed by atoms with Gasteiger partial charge in [-0.2, -0.15) is 0 Å². The lowest BCUT2D eigenvalue weighted by atomic mass is 10.1. The number of carbonyl (C=O) groups is 1. The van der Waals surface area contributed by atoms with Crippen molar-refractivity contribution in [3.05, 3.63) is 11.6 Å². The van der Waals surface area contributed by atoms with Crippen LogP contribution < -0.4 is 0 Å². The predicted octanol–water partition coefficient (Wildman–Crippen LogP) is 2.32. The first-order chi connectivity index (χ1) is 4.31. The van der Waals surface area contributed by atoms with E-state index in [-0.39, 0.29) is 0 Å². The summed E-state index contributed by atoms with van der Waals surface area (Å²) in [5, 5.41) is 0. The number of rotatable bonds is 4. The van der Waals surface area contributed by atoms with Gasteiger partial charge in [0.25, 0.3) is 0 Å². The van der Waals surface area contributed by atoms with Crippen molar-refractivity contribution < 1.29 is 4.79 Å². The molecule has 9 heavy (non-hydrogen) atoms. The van der Waals surface area contributed by atoms with E-state index in [0.717, 1.165) is 12.7 Å². The van der Waals surface area contributed by atoms with Gasteiger partial charge in [0, 0.05) is 0 Å². The summed E-state index contributed by atoms with van der Waals surface area (Å²) in [6.45, 7) is 4.14. The van der Waals surface area contributed by atoms with Gasteiger partial charge in [-0.05, 0) is 25.8 Å². The van der Waals surface area contributed by atoms with Crippen molar-refractivity contribution in [3.8, 4) is 0 Å². The quantitative estimate of drug-likeness (QED) is 0.417. The number of carbonyl (C=O) groups excluding carboxylic acids is 1. The topological polar surface area (TPSA) is 17.1 Å². The summed E-state index contributed by atoms with van der Waals surface area (Å²) in [6.07, 6.45) is 5.94. The Bertz CT molecular complexity index is 103. The van der Waals surface area contributed by atoms with Crippen LogP contribution in [0, 0.1) is 0 Å². The van der Waals surface area contributed by atoms with Gasteiger partial charge in [0.2, 0.25) is 0 Å². The number of allylic oxidation sites excluding steroid dienone is 2. The highest BCUT2D eigenvalue weighted by Gasteiger charge is 1.85. The van der Waals surface area contributed by atoms with Crippen LogP contribution in [0.3, 0.4) is 0 Å². The molecule has 0 aliphatic carbocycles. The average molecular weight is 126 g/mol. The molecular formula is C8H14O. The second-order valence-corrected chi connectivity index (χ2v) is 2.25. The third kappa shape index (κ3) is 5.28. The van der Waals surface area contributed by atoms with E-state index in [0.29, 0.717) is 0 Å². The molecule has 0 bridgehead atoms. The highest BCUT2D eigenvalue weighted by molar-refractivity contribution is 5.65. The third-order valence-electron chi connectivity index (χ3n) is 1.28.